The van der Waals surface area contributed by atoms with Crippen molar-refractivity contribution in [1.29, 1.82) is 0 Å². The zero-order chi connectivity index (χ0) is 28.7. The number of carbonyl (C=O) groups is 1. The van der Waals surface area contributed by atoms with Crippen molar-refractivity contribution in [1.82, 2.24) is 8.87 Å². The molecule has 0 aliphatic carbocycles. The Hall–Kier alpha value is -3.67. The summed E-state index contributed by atoms with van der Waals surface area (Å²) in [5.41, 5.74) is 1.26. The highest BCUT2D eigenvalue weighted by Gasteiger charge is 2.35. The van der Waals surface area contributed by atoms with Crippen LogP contribution in [0.15, 0.2) is 93.7 Å². The maximum atomic E-state index is 13.4. The van der Waals surface area contributed by atoms with Crippen LogP contribution < -0.4 is 4.74 Å². The van der Waals surface area contributed by atoms with Crippen LogP contribution in [0.4, 0.5) is 0 Å². The Morgan fingerprint density at radius 2 is 1.62 bits per heavy atom. The Morgan fingerprint density at radius 1 is 0.950 bits per heavy atom. The Labute approximate surface area is 233 Å². The lowest BCUT2D eigenvalue weighted by atomic mass is 9.98. The molecule has 0 spiro atoms. The summed E-state index contributed by atoms with van der Waals surface area (Å²) in [7, 11) is -7.56. The van der Waals surface area contributed by atoms with Gasteiger partial charge in [-0.3, -0.25) is 4.79 Å². The molecule has 40 heavy (non-hydrogen) atoms. The van der Waals surface area contributed by atoms with E-state index in [1.807, 2.05) is 13.8 Å². The number of hydrogen-bond donors (Lipinski definition) is 1. The predicted molar refractivity (Wildman–Crippen MR) is 150 cm³/mol. The van der Waals surface area contributed by atoms with Crippen LogP contribution in [0.25, 0.3) is 10.9 Å². The summed E-state index contributed by atoms with van der Waals surface area (Å²) in [4.78, 5) is 12.0. The molecule has 4 aromatic rings. The Kier molecular flexibility index (Phi) is 7.47. The van der Waals surface area contributed by atoms with Crippen LogP contribution in [0.2, 0.25) is 0 Å². The van der Waals surface area contributed by atoms with Crippen molar-refractivity contribution in [2.45, 2.75) is 53.5 Å². The standard InChI is InChI=1S/C29H30N2O7S2/c1-20(2)38-22-8-10-24(11-9-22)40(36,37)31-15-14-21(17-31)27-18-30(19-29(32)33)28-16-25(12-13-26(27)28)39(34,35)23-6-4-3-5-7-23/h3-13,16,18,20-21H,14-15,17,19H2,1-2H3,(H,32,33). The molecule has 1 fully saturated rings. The Balaban J connectivity index is 1.46. The van der Waals surface area contributed by atoms with E-state index in [2.05, 4.69) is 0 Å². The van der Waals surface area contributed by atoms with Gasteiger partial charge in [-0.25, -0.2) is 16.8 Å². The van der Waals surface area contributed by atoms with Gasteiger partial charge in [0, 0.05) is 30.6 Å². The zero-order valence-electron chi connectivity index (χ0n) is 22.1. The van der Waals surface area contributed by atoms with Gasteiger partial charge in [-0.05, 0) is 74.4 Å². The minimum atomic E-state index is -3.81. The molecule has 1 saturated heterocycles. The molecule has 210 valence electrons. The van der Waals surface area contributed by atoms with E-state index in [0.717, 1.165) is 5.56 Å². The van der Waals surface area contributed by atoms with Crippen molar-refractivity contribution >= 4 is 36.7 Å². The number of hydrogen-bond acceptors (Lipinski definition) is 6. The van der Waals surface area contributed by atoms with Gasteiger partial charge in [-0.1, -0.05) is 24.3 Å². The molecule has 0 radical (unpaired) electrons. The molecule has 1 aromatic heterocycles. The first kappa shape index (κ1) is 27.9. The Morgan fingerprint density at radius 3 is 2.27 bits per heavy atom. The van der Waals surface area contributed by atoms with E-state index in [1.54, 1.807) is 42.6 Å². The summed E-state index contributed by atoms with van der Waals surface area (Å²) in [5.74, 6) is -0.666. The number of rotatable bonds is 9. The summed E-state index contributed by atoms with van der Waals surface area (Å²) < 4.78 is 61.8. The number of carboxylic acid groups (broad SMARTS) is 1. The highest BCUT2D eigenvalue weighted by atomic mass is 32.2. The van der Waals surface area contributed by atoms with Gasteiger partial charge in [0.15, 0.2) is 0 Å². The molecule has 0 bridgehead atoms. The molecule has 9 nitrogen and oxygen atoms in total. The third-order valence-electron chi connectivity index (χ3n) is 6.98. The molecule has 3 aromatic carbocycles. The van der Waals surface area contributed by atoms with E-state index in [1.165, 1.54) is 45.3 Å². The summed E-state index contributed by atoms with van der Waals surface area (Å²) in [5, 5.41) is 10.2. The highest BCUT2D eigenvalue weighted by molar-refractivity contribution is 7.91. The minimum absolute atomic E-state index is 0.0282. The number of fused-ring (bicyclic) bond motifs is 1. The first-order valence-corrected chi connectivity index (χ1v) is 15.8. The third-order valence-corrected chi connectivity index (χ3v) is 10.6. The van der Waals surface area contributed by atoms with Crippen LogP contribution in [-0.2, 0) is 31.2 Å². The number of benzene rings is 3. The quantitative estimate of drug-likeness (QED) is 0.308. The largest absolute Gasteiger partial charge is 0.491 e. The predicted octanol–water partition coefficient (Wildman–Crippen LogP) is 4.52. The summed E-state index contributed by atoms with van der Waals surface area (Å²) in [6.45, 7) is 3.97. The lowest BCUT2D eigenvalue weighted by molar-refractivity contribution is -0.137. The zero-order valence-corrected chi connectivity index (χ0v) is 23.7. The lowest BCUT2D eigenvalue weighted by Gasteiger charge is -2.17. The number of aromatic nitrogens is 1. The molecule has 5 rings (SSSR count). The van der Waals surface area contributed by atoms with Gasteiger partial charge < -0.3 is 14.4 Å². The van der Waals surface area contributed by atoms with Crippen LogP contribution in [0, 0.1) is 0 Å². The van der Waals surface area contributed by atoms with Crippen molar-refractivity contribution in [3.63, 3.8) is 0 Å². The van der Waals surface area contributed by atoms with E-state index in [4.69, 9.17) is 4.74 Å². The molecular formula is C29H30N2O7S2. The molecular weight excluding hydrogens is 552 g/mol. The van der Waals surface area contributed by atoms with E-state index in [9.17, 15) is 26.7 Å². The average molecular weight is 583 g/mol. The van der Waals surface area contributed by atoms with E-state index < -0.39 is 25.8 Å². The molecule has 1 aliphatic rings. The number of sulfone groups is 1. The van der Waals surface area contributed by atoms with E-state index in [0.29, 0.717) is 29.6 Å². The van der Waals surface area contributed by atoms with Crippen molar-refractivity contribution in [2.24, 2.45) is 0 Å². The average Bonchev–Trinajstić information content (AvgIpc) is 3.54. The fourth-order valence-electron chi connectivity index (χ4n) is 5.12. The summed E-state index contributed by atoms with van der Waals surface area (Å²) >= 11 is 0. The van der Waals surface area contributed by atoms with E-state index >= 15 is 0 Å². The normalized spacial score (nSPS) is 16.5. The maximum absolute atomic E-state index is 13.4. The van der Waals surface area contributed by atoms with Crippen molar-refractivity contribution in [3.05, 3.63) is 84.6 Å². The minimum Gasteiger partial charge on any atom is -0.491 e. The molecule has 11 heteroatoms. The first-order chi connectivity index (χ1) is 19.0. The van der Waals surface area contributed by atoms with Gasteiger partial charge in [0.25, 0.3) is 0 Å². The second kappa shape index (κ2) is 10.7. The molecule has 1 atom stereocenters. The van der Waals surface area contributed by atoms with Gasteiger partial charge in [-0.15, -0.1) is 0 Å². The van der Waals surface area contributed by atoms with Crippen molar-refractivity contribution in [3.8, 4) is 5.75 Å². The van der Waals surface area contributed by atoms with Crippen LogP contribution in [0.1, 0.15) is 31.7 Å². The molecule has 1 aliphatic heterocycles. The molecule has 1 unspecified atom stereocenters. The van der Waals surface area contributed by atoms with Gasteiger partial charge in [0.1, 0.15) is 12.3 Å². The van der Waals surface area contributed by atoms with Crippen LogP contribution >= 0.6 is 0 Å². The second-order valence-corrected chi connectivity index (χ2v) is 14.0. The fraction of sp³-hybridized carbons (Fsp3) is 0.276. The number of sulfonamides is 1. The van der Waals surface area contributed by atoms with Gasteiger partial charge in [0.05, 0.1) is 26.3 Å². The second-order valence-electron chi connectivity index (χ2n) is 10.1. The monoisotopic (exact) mass is 582 g/mol. The van der Waals surface area contributed by atoms with Crippen LogP contribution in [0.5, 0.6) is 5.75 Å². The molecule has 2 heterocycles. The lowest BCUT2D eigenvalue weighted by Crippen LogP contribution is -2.28. The van der Waals surface area contributed by atoms with Crippen LogP contribution in [-0.4, -0.2) is 56.0 Å². The van der Waals surface area contributed by atoms with Gasteiger partial charge >= 0.3 is 5.97 Å². The fourth-order valence-corrected chi connectivity index (χ4v) is 7.92. The summed E-state index contributed by atoms with van der Waals surface area (Å²) in [6, 6.07) is 19.1. The van der Waals surface area contributed by atoms with Crippen LogP contribution in [0.3, 0.4) is 0 Å². The summed E-state index contributed by atoms with van der Waals surface area (Å²) in [6.07, 6.45) is 2.22. The third kappa shape index (κ3) is 5.36. The Bertz CT molecular complexity index is 1760. The van der Waals surface area contributed by atoms with E-state index in [-0.39, 0.29) is 39.8 Å². The number of ether oxygens (including phenoxy) is 1. The highest BCUT2D eigenvalue weighted by Crippen LogP contribution is 2.37. The first-order valence-electron chi connectivity index (χ1n) is 12.9. The number of carboxylic acids is 1. The van der Waals surface area contributed by atoms with Gasteiger partial charge in [-0.2, -0.15) is 4.31 Å². The van der Waals surface area contributed by atoms with Crippen molar-refractivity contribution < 1.29 is 31.5 Å². The maximum Gasteiger partial charge on any atom is 0.323 e. The molecule has 0 amide bonds. The number of aliphatic carboxylic acids is 1. The smallest absolute Gasteiger partial charge is 0.323 e. The molecule has 1 N–H and O–H groups in total. The topological polar surface area (TPSA) is 123 Å². The van der Waals surface area contributed by atoms with Crippen molar-refractivity contribution in [2.75, 3.05) is 13.1 Å². The SMILES string of the molecule is CC(C)Oc1ccc(S(=O)(=O)N2CCC(c3cn(CC(=O)O)c4cc(S(=O)(=O)c5ccccc5)ccc34)C2)cc1. The van der Waals surface area contributed by atoms with Gasteiger partial charge in [0.2, 0.25) is 19.9 Å². The molecule has 0 saturated carbocycles. The number of nitrogens with zero attached hydrogens (tertiary/aromatic N) is 2.